The molecule has 3 heterocycles. The van der Waals surface area contributed by atoms with Crippen molar-refractivity contribution >= 4 is 33.2 Å². The minimum absolute atomic E-state index is 0.0817. The van der Waals surface area contributed by atoms with Gasteiger partial charge in [0, 0.05) is 56.4 Å². The molecule has 0 spiro atoms. The smallest absolute Gasteiger partial charge is 0.241 e. The average molecular weight is 462 g/mol. The SMILES string of the molecule is CNS(=O)(=O)c1ccc2nc(-c3ccc(Cl)cc3)c(CN3CCN(C(C)=O)CC3)n2c1. The summed E-state index contributed by atoms with van der Waals surface area (Å²) in [6.07, 6.45) is 1.61. The van der Waals surface area contributed by atoms with E-state index in [2.05, 4.69) is 9.62 Å². The van der Waals surface area contributed by atoms with Gasteiger partial charge < -0.3 is 9.30 Å². The first-order chi connectivity index (χ1) is 14.8. The Hall–Kier alpha value is -2.46. The van der Waals surface area contributed by atoms with Gasteiger partial charge in [-0.1, -0.05) is 23.7 Å². The predicted molar refractivity (Wildman–Crippen MR) is 119 cm³/mol. The molecule has 3 aromatic rings. The largest absolute Gasteiger partial charge is 0.340 e. The second-order valence-electron chi connectivity index (χ2n) is 7.50. The summed E-state index contributed by atoms with van der Waals surface area (Å²) in [4.78, 5) is 20.7. The van der Waals surface area contributed by atoms with Gasteiger partial charge in [-0.3, -0.25) is 9.69 Å². The molecule has 31 heavy (non-hydrogen) atoms. The number of benzene rings is 1. The molecule has 0 atom stereocenters. The number of carbonyl (C=O) groups is 1. The van der Waals surface area contributed by atoms with Crippen molar-refractivity contribution in [1.82, 2.24) is 23.9 Å². The third-order valence-electron chi connectivity index (χ3n) is 5.58. The van der Waals surface area contributed by atoms with Crippen LogP contribution in [0.2, 0.25) is 5.02 Å². The lowest BCUT2D eigenvalue weighted by atomic mass is 10.1. The van der Waals surface area contributed by atoms with Crippen LogP contribution >= 0.6 is 11.6 Å². The molecule has 1 amide bonds. The van der Waals surface area contributed by atoms with Crippen LogP contribution in [0.15, 0.2) is 47.5 Å². The lowest BCUT2D eigenvalue weighted by molar-refractivity contribution is -0.130. The number of nitrogens with zero attached hydrogens (tertiary/aromatic N) is 4. The van der Waals surface area contributed by atoms with E-state index in [1.54, 1.807) is 25.3 Å². The fourth-order valence-corrected chi connectivity index (χ4v) is 4.63. The molecule has 10 heteroatoms. The number of aromatic nitrogens is 2. The molecule has 1 fully saturated rings. The summed E-state index contributed by atoms with van der Waals surface area (Å²) in [5.41, 5.74) is 3.24. The van der Waals surface area contributed by atoms with E-state index in [4.69, 9.17) is 16.6 Å². The minimum atomic E-state index is -3.59. The topological polar surface area (TPSA) is 87.0 Å². The molecule has 0 bridgehead atoms. The van der Waals surface area contributed by atoms with Crippen LogP contribution in [0.4, 0.5) is 0 Å². The third-order valence-corrected chi connectivity index (χ3v) is 7.23. The number of rotatable bonds is 5. The van der Waals surface area contributed by atoms with E-state index in [1.165, 1.54) is 7.05 Å². The number of imidazole rings is 1. The summed E-state index contributed by atoms with van der Waals surface area (Å²) in [6.45, 7) is 4.97. The molecule has 2 aromatic heterocycles. The monoisotopic (exact) mass is 461 g/mol. The maximum absolute atomic E-state index is 12.4. The molecule has 0 aliphatic carbocycles. The van der Waals surface area contributed by atoms with Crippen LogP contribution < -0.4 is 4.72 Å². The highest BCUT2D eigenvalue weighted by Gasteiger charge is 2.23. The highest BCUT2D eigenvalue weighted by molar-refractivity contribution is 7.89. The highest BCUT2D eigenvalue weighted by atomic mass is 35.5. The van der Waals surface area contributed by atoms with Gasteiger partial charge in [-0.25, -0.2) is 18.1 Å². The molecule has 0 saturated carbocycles. The standard InChI is InChI=1S/C21H24ClN5O3S/c1-15(28)26-11-9-25(10-12-26)14-19-21(16-3-5-17(22)6-4-16)24-20-8-7-18(13-27(19)20)31(29,30)23-2/h3-8,13,23H,9-12,14H2,1-2H3. The fourth-order valence-electron chi connectivity index (χ4n) is 3.77. The molecule has 4 rings (SSSR count). The average Bonchev–Trinajstić information content (AvgIpc) is 3.12. The van der Waals surface area contributed by atoms with Crippen molar-refractivity contribution in [3.05, 3.63) is 53.3 Å². The lowest BCUT2D eigenvalue weighted by Gasteiger charge is -2.34. The van der Waals surface area contributed by atoms with Gasteiger partial charge in [-0.2, -0.15) is 0 Å². The van der Waals surface area contributed by atoms with Crippen molar-refractivity contribution in [1.29, 1.82) is 0 Å². The van der Waals surface area contributed by atoms with Crippen molar-refractivity contribution in [2.75, 3.05) is 33.2 Å². The molecule has 8 nitrogen and oxygen atoms in total. The van der Waals surface area contributed by atoms with Crippen molar-refractivity contribution in [3.8, 4) is 11.3 Å². The molecule has 0 unspecified atom stereocenters. The van der Waals surface area contributed by atoms with E-state index >= 15 is 0 Å². The van der Waals surface area contributed by atoms with Crippen LogP contribution in [-0.4, -0.2) is 66.7 Å². The number of nitrogens with one attached hydrogen (secondary N) is 1. The number of halogens is 1. The van der Waals surface area contributed by atoms with Gasteiger partial charge in [-0.15, -0.1) is 0 Å². The van der Waals surface area contributed by atoms with E-state index in [-0.39, 0.29) is 10.8 Å². The van der Waals surface area contributed by atoms with Crippen LogP contribution in [-0.2, 0) is 21.4 Å². The molecule has 0 radical (unpaired) electrons. The lowest BCUT2D eigenvalue weighted by Crippen LogP contribution is -2.47. The van der Waals surface area contributed by atoms with Crippen LogP contribution in [0, 0.1) is 0 Å². The second kappa shape index (κ2) is 8.58. The Balaban J connectivity index is 1.77. The van der Waals surface area contributed by atoms with E-state index in [9.17, 15) is 13.2 Å². The third kappa shape index (κ3) is 4.45. The molecule has 1 N–H and O–H groups in total. The number of pyridine rings is 1. The molecule has 1 aliphatic heterocycles. The Bertz CT molecular complexity index is 1220. The van der Waals surface area contributed by atoms with Crippen LogP contribution in [0.5, 0.6) is 0 Å². The molecular formula is C21H24ClN5O3S. The van der Waals surface area contributed by atoms with E-state index < -0.39 is 10.0 Å². The summed E-state index contributed by atoms with van der Waals surface area (Å²) in [5, 5.41) is 0.636. The number of fused-ring (bicyclic) bond motifs is 1. The number of hydrogen-bond acceptors (Lipinski definition) is 5. The Labute approximate surface area is 186 Å². The first kappa shape index (κ1) is 21.8. The molecule has 1 aromatic carbocycles. The second-order valence-corrected chi connectivity index (χ2v) is 9.82. The van der Waals surface area contributed by atoms with Gasteiger partial charge >= 0.3 is 0 Å². The Morgan fingerprint density at radius 1 is 1.10 bits per heavy atom. The molecular weight excluding hydrogens is 438 g/mol. The molecule has 1 saturated heterocycles. The van der Waals surface area contributed by atoms with E-state index in [0.29, 0.717) is 30.3 Å². The Morgan fingerprint density at radius 2 is 1.77 bits per heavy atom. The van der Waals surface area contributed by atoms with Crippen LogP contribution in [0.25, 0.3) is 16.9 Å². The maximum Gasteiger partial charge on any atom is 0.241 e. The summed E-state index contributed by atoms with van der Waals surface area (Å²) >= 11 is 6.06. The number of sulfonamides is 1. The number of carbonyl (C=O) groups excluding carboxylic acids is 1. The first-order valence-corrected chi connectivity index (χ1v) is 11.8. The minimum Gasteiger partial charge on any atom is -0.340 e. The van der Waals surface area contributed by atoms with Gasteiger partial charge in [0.1, 0.15) is 5.65 Å². The van der Waals surface area contributed by atoms with Crippen LogP contribution in [0.1, 0.15) is 12.6 Å². The summed E-state index contributed by atoms with van der Waals surface area (Å²) in [5.74, 6) is 0.0817. The van der Waals surface area contributed by atoms with Crippen LogP contribution in [0.3, 0.4) is 0 Å². The van der Waals surface area contributed by atoms with E-state index in [0.717, 1.165) is 30.0 Å². The predicted octanol–water partition coefficient (Wildman–Crippen LogP) is 2.23. The summed E-state index contributed by atoms with van der Waals surface area (Å²) in [6, 6.07) is 10.7. The normalized spacial score (nSPS) is 15.5. The van der Waals surface area contributed by atoms with Gasteiger partial charge in [0.05, 0.1) is 16.3 Å². The number of piperazine rings is 1. The van der Waals surface area contributed by atoms with Gasteiger partial charge in [0.25, 0.3) is 0 Å². The van der Waals surface area contributed by atoms with Crippen molar-refractivity contribution < 1.29 is 13.2 Å². The Kier molecular flexibility index (Phi) is 6.02. The summed E-state index contributed by atoms with van der Waals surface area (Å²) in [7, 11) is -2.20. The number of amides is 1. The van der Waals surface area contributed by atoms with Gasteiger partial charge in [0.2, 0.25) is 15.9 Å². The zero-order valence-electron chi connectivity index (χ0n) is 17.4. The fraction of sp³-hybridized carbons (Fsp3) is 0.333. The first-order valence-electron chi connectivity index (χ1n) is 9.97. The molecule has 164 valence electrons. The van der Waals surface area contributed by atoms with Gasteiger partial charge in [0.15, 0.2) is 0 Å². The maximum atomic E-state index is 12.4. The zero-order chi connectivity index (χ0) is 22.2. The molecule has 1 aliphatic rings. The quantitative estimate of drug-likeness (QED) is 0.629. The van der Waals surface area contributed by atoms with Crippen molar-refractivity contribution in [2.45, 2.75) is 18.4 Å². The highest BCUT2D eigenvalue weighted by Crippen LogP contribution is 2.28. The van der Waals surface area contributed by atoms with Gasteiger partial charge in [-0.05, 0) is 31.3 Å². The van der Waals surface area contributed by atoms with E-state index in [1.807, 2.05) is 33.6 Å². The number of hydrogen-bond donors (Lipinski definition) is 1. The van der Waals surface area contributed by atoms with Crippen molar-refractivity contribution in [2.24, 2.45) is 0 Å². The zero-order valence-corrected chi connectivity index (χ0v) is 18.9. The van der Waals surface area contributed by atoms with Crippen molar-refractivity contribution in [3.63, 3.8) is 0 Å². The Morgan fingerprint density at radius 3 is 2.39 bits per heavy atom. The summed E-state index contributed by atoms with van der Waals surface area (Å²) < 4.78 is 28.9.